The average molecular weight is 331 g/mol. The van der Waals surface area contributed by atoms with Crippen molar-refractivity contribution in [3.63, 3.8) is 0 Å². The third kappa shape index (κ3) is 4.98. The maximum absolute atomic E-state index is 12.3. The number of hydrogen-bond acceptors (Lipinski definition) is 2. The van der Waals surface area contributed by atoms with Gasteiger partial charge in [-0.05, 0) is 30.7 Å². The molecule has 1 saturated heterocycles. The highest BCUT2D eigenvalue weighted by molar-refractivity contribution is 5.79. The van der Waals surface area contributed by atoms with Crippen LogP contribution in [0.4, 0.5) is 4.79 Å². The van der Waals surface area contributed by atoms with Crippen LogP contribution in [0.5, 0.6) is 0 Å². The van der Waals surface area contributed by atoms with Crippen LogP contribution in [0.15, 0.2) is 30.3 Å². The first-order valence-corrected chi connectivity index (χ1v) is 8.78. The summed E-state index contributed by atoms with van der Waals surface area (Å²) < 4.78 is 0. The molecule has 5 nitrogen and oxygen atoms in total. The summed E-state index contributed by atoms with van der Waals surface area (Å²) in [6.07, 6.45) is 2.44. The van der Waals surface area contributed by atoms with Gasteiger partial charge in [-0.2, -0.15) is 0 Å². The second-order valence-corrected chi connectivity index (χ2v) is 6.83. The number of rotatable bonds is 5. The molecule has 1 heterocycles. The molecule has 0 saturated carbocycles. The molecule has 1 N–H and O–H groups in total. The van der Waals surface area contributed by atoms with Gasteiger partial charge in [0.05, 0.1) is 0 Å². The molecular formula is C19H29N3O2. The molecule has 1 fully saturated rings. The first-order chi connectivity index (χ1) is 11.5. The van der Waals surface area contributed by atoms with Crippen LogP contribution in [0.1, 0.15) is 37.7 Å². The summed E-state index contributed by atoms with van der Waals surface area (Å²) in [6, 6.07) is 10.4. The van der Waals surface area contributed by atoms with E-state index in [1.54, 1.807) is 19.0 Å². The Balaban J connectivity index is 1.69. The van der Waals surface area contributed by atoms with Gasteiger partial charge in [0.15, 0.2) is 0 Å². The Morgan fingerprint density at radius 1 is 1.21 bits per heavy atom. The Morgan fingerprint density at radius 3 is 2.42 bits per heavy atom. The van der Waals surface area contributed by atoms with Gasteiger partial charge in [-0.15, -0.1) is 0 Å². The highest BCUT2D eigenvalue weighted by Gasteiger charge is 2.27. The van der Waals surface area contributed by atoms with Crippen molar-refractivity contribution in [1.29, 1.82) is 0 Å². The zero-order valence-corrected chi connectivity index (χ0v) is 15.0. The molecule has 5 heteroatoms. The second kappa shape index (κ2) is 8.71. The predicted molar refractivity (Wildman–Crippen MR) is 95.9 cm³/mol. The zero-order valence-electron chi connectivity index (χ0n) is 15.0. The summed E-state index contributed by atoms with van der Waals surface area (Å²) in [5.41, 5.74) is 1.31. The quantitative estimate of drug-likeness (QED) is 0.902. The van der Waals surface area contributed by atoms with E-state index in [1.807, 2.05) is 23.1 Å². The lowest BCUT2D eigenvalue weighted by Gasteiger charge is -2.33. The van der Waals surface area contributed by atoms with Gasteiger partial charge in [0.1, 0.15) is 0 Å². The van der Waals surface area contributed by atoms with Crippen LogP contribution in [0.25, 0.3) is 0 Å². The lowest BCUT2D eigenvalue weighted by molar-refractivity contribution is -0.126. The van der Waals surface area contributed by atoms with Crippen LogP contribution in [0.2, 0.25) is 0 Å². The van der Waals surface area contributed by atoms with Crippen LogP contribution in [0.3, 0.4) is 0 Å². The SMILES string of the molecule is CC(CCNC(=O)C1CCN(C(=O)N(C)C)CC1)c1ccccc1. The number of urea groups is 1. The van der Waals surface area contributed by atoms with E-state index in [0.717, 1.165) is 19.3 Å². The average Bonchev–Trinajstić information content (AvgIpc) is 2.61. The van der Waals surface area contributed by atoms with Crippen LogP contribution >= 0.6 is 0 Å². The molecular weight excluding hydrogens is 302 g/mol. The Kier molecular flexibility index (Phi) is 6.64. The summed E-state index contributed by atoms with van der Waals surface area (Å²) in [7, 11) is 3.52. The van der Waals surface area contributed by atoms with Gasteiger partial charge in [0.25, 0.3) is 0 Å². The van der Waals surface area contributed by atoms with Gasteiger partial charge in [-0.1, -0.05) is 37.3 Å². The van der Waals surface area contributed by atoms with Crippen LogP contribution in [0, 0.1) is 5.92 Å². The van der Waals surface area contributed by atoms with Gasteiger partial charge >= 0.3 is 6.03 Å². The molecule has 1 unspecified atom stereocenters. The molecule has 1 atom stereocenters. The number of hydrogen-bond donors (Lipinski definition) is 1. The Morgan fingerprint density at radius 2 is 1.83 bits per heavy atom. The van der Waals surface area contributed by atoms with E-state index < -0.39 is 0 Å². The van der Waals surface area contributed by atoms with Gasteiger partial charge in [-0.3, -0.25) is 4.79 Å². The molecule has 0 radical (unpaired) electrons. The monoisotopic (exact) mass is 331 g/mol. The molecule has 2 rings (SSSR count). The van der Waals surface area contributed by atoms with Gasteiger partial charge in [0.2, 0.25) is 5.91 Å². The van der Waals surface area contributed by atoms with E-state index in [4.69, 9.17) is 0 Å². The summed E-state index contributed by atoms with van der Waals surface area (Å²) in [5, 5.41) is 3.07. The first kappa shape index (κ1) is 18.3. The van der Waals surface area contributed by atoms with E-state index in [0.29, 0.717) is 25.6 Å². The summed E-state index contributed by atoms with van der Waals surface area (Å²) in [5.74, 6) is 0.599. The fourth-order valence-electron chi connectivity index (χ4n) is 3.12. The highest BCUT2D eigenvalue weighted by Crippen LogP contribution is 2.20. The van der Waals surface area contributed by atoms with Crippen molar-refractivity contribution >= 4 is 11.9 Å². The molecule has 24 heavy (non-hydrogen) atoms. The summed E-state index contributed by atoms with van der Waals surface area (Å²) in [4.78, 5) is 27.6. The summed E-state index contributed by atoms with van der Waals surface area (Å²) in [6.45, 7) is 4.21. The van der Waals surface area contributed by atoms with E-state index in [9.17, 15) is 9.59 Å². The van der Waals surface area contributed by atoms with Crippen LogP contribution in [-0.2, 0) is 4.79 Å². The van der Waals surface area contributed by atoms with Crippen molar-refractivity contribution in [3.05, 3.63) is 35.9 Å². The van der Waals surface area contributed by atoms with Crippen molar-refractivity contribution in [3.8, 4) is 0 Å². The molecule has 1 aliphatic rings. The number of nitrogens with zero attached hydrogens (tertiary/aromatic N) is 2. The van der Waals surface area contributed by atoms with Crippen molar-refractivity contribution in [1.82, 2.24) is 15.1 Å². The number of benzene rings is 1. The first-order valence-electron chi connectivity index (χ1n) is 8.78. The van der Waals surface area contributed by atoms with E-state index in [-0.39, 0.29) is 17.9 Å². The number of piperidine rings is 1. The topological polar surface area (TPSA) is 52.7 Å². The zero-order chi connectivity index (χ0) is 17.5. The summed E-state index contributed by atoms with van der Waals surface area (Å²) >= 11 is 0. The minimum absolute atomic E-state index is 0.0308. The van der Waals surface area contributed by atoms with Crippen molar-refractivity contribution < 1.29 is 9.59 Å². The molecule has 3 amide bonds. The lowest BCUT2D eigenvalue weighted by Crippen LogP contribution is -2.46. The molecule has 1 aromatic rings. The fourth-order valence-corrected chi connectivity index (χ4v) is 3.12. The third-order valence-corrected chi connectivity index (χ3v) is 4.76. The number of carbonyl (C=O) groups is 2. The van der Waals surface area contributed by atoms with Gasteiger partial charge in [-0.25, -0.2) is 4.79 Å². The maximum Gasteiger partial charge on any atom is 0.319 e. The standard InChI is InChI=1S/C19H29N3O2/c1-15(16-7-5-4-6-8-16)9-12-20-18(23)17-10-13-22(14-11-17)19(24)21(2)3/h4-8,15,17H,9-14H2,1-3H3,(H,20,23). The van der Waals surface area contributed by atoms with Gasteiger partial charge < -0.3 is 15.1 Å². The maximum atomic E-state index is 12.3. The number of nitrogens with one attached hydrogen (secondary N) is 1. The molecule has 1 aliphatic heterocycles. The van der Waals surface area contributed by atoms with Crippen molar-refractivity contribution in [2.75, 3.05) is 33.7 Å². The van der Waals surface area contributed by atoms with E-state index in [1.165, 1.54) is 5.56 Å². The number of amides is 3. The van der Waals surface area contributed by atoms with Crippen LogP contribution in [-0.4, -0.2) is 55.5 Å². The Hall–Kier alpha value is -2.04. The third-order valence-electron chi connectivity index (χ3n) is 4.76. The van der Waals surface area contributed by atoms with Crippen molar-refractivity contribution in [2.24, 2.45) is 5.92 Å². The Labute approximate surface area is 145 Å². The smallest absolute Gasteiger partial charge is 0.319 e. The molecule has 132 valence electrons. The molecule has 0 spiro atoms. The lowest BCUT2D eigenvalue weighted by atomic mass is 9.95. The Bertz CT molecular complexity index is 537. The molecule has 1 aromatic carbocycles. The molecule has 0 aromatic heterocycles. The van der Waals surface area contributed by atoms with E-state index >= 15 is 0 Å². The second-order valence-electron chi connectivity index (χ2n) is 6.83. The minimum Gasteiger partial charge on any atom is -0.356 e. The number of likely N-dealkylation sites (tertiary alicyclic amines) is 1. The van der Waals surface area contributed by atoms with E-state index in [2.05, 4.69) is 24.4 Å². The molecule has 0 aliphatic carbocycles. The highest BCUT2D eigenvalue weighted by atomic mass is 16.2. The molecule has 0 bridgehead atoms. The van der Waals surface area contributed by atoms with Crippen molar-refractivity contribution in [2.45, 2.75) is 32.1 Å². The van der Waals surface area contributed by atoms with Gasteiger partial charge in [0, 0.05) is 39.6 Å². The minimum atomic E-state index is 0.0308. The fraction of sp³-hybridized carbons (Fsp3) is 0.579. The largest absolute Gasteiger partial charge is 0.356 e. The predicted octanol–water partition coefficient (Wildman–Crippen LogP) is 2.69. The van der Waals surface area contributed by atoms with Crippen LogP contribution < -0.4 is 5.32 Å². The number of carbonyl (C=O) groups excluding carboxylic acids is 2. The normalized spacial score (nSPS) is 16.5.